The minimum atomic E-state index is -0.335. The Morgan fingerprint density at radius 1 is 1.36 bits per heavy atom. The molecule has 1 fully saturated rings. The SMILES string of the molecule is Cc1ccc(N2CC(C(=O)Nc3nccs3)CC2=O)cc1C. The Kier molecular flexibility index (Phi) is 3.94. The lowest BCUT2D eigenvalue weighted by Crippen LogP contribution is -2.28. The van der Waals surface area contributed by atoms with Gasteiger partial charge in [0.2, 0.25) is 11.8 Å². The Hall–Kier alpha value is -2.21. The van der Waals surface area contributed by atoms with Gasteiger partial charge in [0.15, 0.2) is 5.13 Å². The van der Waals surface area contributed by atoms with E-state index in [-0.39, 0.29) is 24.2 Å². The van der Waals surface area contributed by atoms with Crippen molar-refractivity contribution in [1.82, 2.24) is 4.98 Å². The molecule has 2 aromatic rings. The van der Waals surface area contributed by atoms with Crippen LogP contribution in [0.3, 0.4) is 0 Å². The van der Waals surface area contributed by atoms with E-state index in [1.54, 1.807) is 16.5 Å². The second kappa shape index (κ2) is 5.88. The van der Waals surface area contributed by atoms with Gasteiger partial charge >= 0.3 is 0 Å². The van der Waals surface area contributed by atoms with E-state index in [0.29, 0.717) is 11.7 Å². The number of rotatable bonds is 3. The second-order valence-electron chi connectivity index (χ2n) is 5.50. The predicted molar refractivity (Wildman–Crippen MR) is 87.1 cm³/mol. The number of thiazole rings is 1. The molecule has 1 aromatic carbocycles. The standard InChI is InChI=1S/C16H17N3O2S/c1-10-3-4-13(7-11(10)2)19-9-12(8-14(19)20)15(21)18-16-17-5-6-22-16/h3-7,12H,8-9H2,1-2H3,(H,17,18,21). The molecule has 1 aliphatic rings. The molecule has 3 rings (SSSR count). The predicted octanol–water partition coefficient (Wildman–Crippen LogP) is 2.75. The fourth-order valence-corrected chi connectivity index (χ4v) is 3.05. The molecule has 2 amide bonds. The maximum atomic E-state index is 12.2. The highest BCUT2D eigenvalue weighted by Gasteiger charge is 2.35. The smallest absolute Gasteiger partial charge is 0.231 e. The third kappa shape index (κ3) is 2.87. The van der Waals surface area contributed by atoms with Crippen LogP contribution in [0.2, 0.25) is 0 Å². The Balaban J connectivity index is 1.72. The third-order valence-electron chi connectivity index (χ3n) is 3.96. The van der Waals surface area contributed by atoms with Crippen molar-refractivity contribution in [3.05, 3.63) is 40.9 Å². The largest absolute Gasteiger partial charge is 0.312 e. The average Bonchev–Trinajstić information content (AvgIpc) is 3.11. The van der Waals surface area contributed by atoms with Gasteiger partial charge in [0.25, 0.3) is 0 Å². The van der Waals surface area contributed by atoms with Crippen molar-refractivity contribution in [3.63, 3.8) is 0 Å². The highest BCUT2D eigenvalue weighted by Crippen LogP contribution is 2.27. The molecular weight excluding hydrogens is 298 g/mol. The number of amides is 2. The lowest BCUT2D eigenvalue weighted by atomic mass is 10.1. The number of carbonyl (C=O) groups is 2. The van der Waals surface area contributed by atoms with Crippen LogP contribution in [0, 0.1) is 19.8 Å². The van der Waals surface area contributed by atoms with Crippen LogP contribution in [0.25, 0.3) is 0 Å². The summed E-state index contributed by atoms with van der Waals surface area (Å²) in [6.07, 6.45) is 1.88. The van der Waals surface area contributed by atoms with Gasteiger partial charge in [-0.1, -0.05) is 6.07 Å². The molecule has 0 bridgehead atoms. The lowest BCUT2D eigenvalue weighted by molar-refractivity contribution is -0.122. The van der Waals surface area contributed by atoms with Crippen molar-refractivity contribution < 1.29 is 9.59 Å². The van der Waals surface area contributed by atoms with Crippen LogP contribution >= 0.6 is 11.3 Å². The Bertz CT molecular complexity index is 712. The maximum absolute atomic E-state index is 12.2. The molecule has 2 heterocycles. The zero-order valence-electron chi connectivity index (χ0n) is 12.5. The molecule has 5 nitrogen and oxygen atoms in total. The first kappa shape index (κ1) is 14.7. The van der Waals surface area contributed by atoms with Gasteiger partial charge in [-0.3, -0.25) is 9.59 Å². The van der Waals surface area contributed by atoms with Crippen molar-refractivity contribution in [2.24, 2.45) is 5.92 Å². The molecular formula is C16H17N3O2S. The molecule has 1 aromatic heterocycles. The summed E-state index contributed by atoms with van der Waals surface area (Å²) in [7, 11) is 0. The van der Waals surface area contributed by atoms with E-state index in [0.717, 1.165) is 11.3 Å². The summed E-state index contributed by atoms with van der Waals surface area (Å²) in [4.78, 5) is 30.2. The number of nitrogens with zero attached hydrogens (tertiary/aromatic N) is 2. The van der Waals surface area contributed by atoms with Gasteiger partial charge in [-0.15, -0.1) is 11.3 Å². The van der Waals surface area contributed by atoms with Crippen LogP contribution in [0.5, 0.6) is 0 Å². The average molecular weight is 315 g/mol. The molecule has 114 valence electrons. The quantitative estimate of drug-likeness (QED) is 0.947. The van der Waals surface area contributed by atoms with Gasteiger partial charge < -0.3 is 10.2 Å². The number of nitrogens with one attached hydrogen (secondary N) is 1. The van der Waals surface area contributed by atoms with E-state index < -0.39 is 0 Å². The monoisotopic (exact) mass is 315 g/mol. The number of hydrogen-bond donors (Lipinski definition) is 1. The van der Waals surface area contributed by atoms with Crippen molar-refractivity contribution in [2.75, 3.05) is 16.8 Å². The number of aromatic nitrogens is 1. The van der Waals surface area contributed by atoms with Gasteiger partial charge in [-0.05, 0) is 37.1 Å². The molecule has 1 unspecified atom stereocenters. The second-order valence-corrected chi connectivity index (χ2v) is 6.40. The maximum Gasteiger partial charge on any atom is 0.231 e. The Morgan fingerprint density at radius 2 is 2.18 bits per heavy atom. The van der Waals surface area contributed by atoms with Crippen LogP contribution < -0.4 is 10.2 Å². The molecule has 1 saturated heterocycles. The number of benzene rings is 1. The van der Waals surface area contributed by atoms with E-state index in [4.69, 9.17) is 0 Å². The van der Waals surface area contributed by atoms with Crippen molar-refractivity contribution in [1.29, 1.82) is 0 Å². The molecule has 1 aliphatic heterocycles. The first-order valence-corrected chi connectivity index (χ1v) is 8.00. The van der Waals surface area contributed by atoms with Crippen LogP contribution in [-0.2, 0) is 9.59 Å². The fourth-order valence-electron chi connectivity index (χ4n) is 2.52. The van der Waals surface area contributed by atoms with Crippen molar-refractivity contribution in [3.8, 4) is 0 Å². The summed E-state index contributed by atoms with van der Waals surface area (Å²) in [6.45, 7) is 4.47. The summed E-state index contributed by atoms with van der Waals surface area (Å²) in [5, 5.41) is 5.14. The summed E-state index contributed by atoms with van der Waals surface area (Å²) < 4.78 is 0. The summed E-state index contributed by atoms with van der Waals surface area (Å²) in [5.74, 6) is -0.491. The Morgan fingerprint density at radius 3 is 2.86 bits per heavy atom. The summed E-state index contributed by atoms with van der Waals surface area (Å²) >= 11 is 1.37. The van der Waals surface area contributed by atoms with Crippen LogP contribution in [0.1, 0.15) is 17.5 Å². The highest BCUT2D eigenvalue weighted by atomic mass is 32.1. The van der Waals surface area contributed by atoms with Crippen LogP contribution in [-0.4, -0.2) is 23.3 Å². The minimum Gasteiger partial charge on any atom is -0.312 e. The Labute approximate surface area is 133 Å². The van der Waals surface area contributed by atoms with E-state index >= 15 is 0 Å². The van der Waals surface area contributed by atoms with Gasteiger partial charge in [0, 0.05) is 30.2 Å². The zero-order chi connectivity index (χ0) is 15.7. The first-order chi connectivity index (χ1) is 10.5. The van der Waals surface area contributed by atoms with E-state index in [2.05, 4.69) is 10.3 Å². The van der Waals surface area contributed by atoms with E-state index in [9.17, 15) is 9.59 Å². The highest BCUT2D eigenvalue weighted by molar-refractivity contribution is 7.13. The van der Waals surface area contributed by atoms with Gasteiger partial charge in [0.1, 0.15) is 0 Å². The van der Waals surface area contributed by atoms with Crippen molar-refractivity contribution >= 4 is 34.0 Å². The molecule has 0 spiro atoms. The molecule has 1 N–H and O–H groups in total. The fraction of sp³-hybridized carbons (Fsp3) is 0.312. The van der Waals surface area contributed by atoms with Gasteiger partial charge in [0.05, 0.1) is 5.92 Å². The topological polar surface area (TPSA) is 62.3 Å². The summed E-state index contributed by atoms with van der Waals surface area (Å²) in [6, 6.07) is 5.93. The normalized spacial score (nSPS) is 17.8. The molecule has 6 heteroatoms. The first-order valence-electron chi connectivity index (χ1n) is 7.12. The van der Waals surface area contributed by atoms with Crippen molar-refractivity contribution in [2.45, 2.75) is 20.3 Å². The van der Waals surface area contributed by atoms with Crippen LogP contribution in [0.4, 0.5) is 10.8 Å². The number of anilines is 2. The van der Waals surface area contributed by atoms with Gasteiger partial charge in [-0.2, -0.15) is 0 Å². The zero-order valence-corrected chi connectivity index (χ0v) is 13.3. The van der Waals surface area contributed by atoms with Crippen LogP contribution in [0.15, 0.2) is 29.8 Å². The van der Waals surface area contributed by atoms with E-state index in [1.807, 2.05) is 32.0 Å². The third-order valence-corrected chi connectivity index (χ3v) is 4.65. The number of carbonyl (C=O) groups excluding carboxylic acids is 2. The summed E-state index contributed by atoms with van der Waals surface area (Å²) in [5.41, 5.74) is 3.19. The molecule has 1 atom stereocenters. The van der Waals surface area contributed by atoms with Gasteiger partial charge in [-0.25, -0.2) is 4.98 Å². The number of aryl methyl sites for hydroxylation is 2. The van der Waals surface area contributed by atoms with E-state index in [1.165, 1.54) is 16.9 Å². The minimum absolute atomic E-state index is 0.0115. The number of hydrogen-bond acceptors (Lipinski definition) is 4. The molecule has 0 aliphatic carbocycles. The molecule has 22 heavy (non-hydrogen) atoms. The molecule has 0 saturated carbocycles. The molecule has 0 radical (unpaired) electrons. The lowest BCUT2D eigenvalue weighted by Gasteiger charge is -2.17.